The summed E-state index contributed by atoms with van der Waals surface area (Å²) in [5.74, 6) is -1.56. The summed E-state index contributed by atoms with van der Waals surface area (Å²) in [4.78, 5) is -0.0727. The number of hydrogen-bond acceptors (Lipinski definition) is 7. The Labute approximate surface area is 168 Å². The maximum Gasteiger partial charge on any atom is 0.452 e. The van der Waals surface area contributed by atoms with Crippen LogP contribution in [0.25, 0.3) is 11.5 Å². The van der Waals surface area contributed by atoms with Crippen LogP contribution in [0.3, 0.4) is 0 Å². The molecule has 14 heteroatoms. The molecule has 9 nitrogen and oxygen atoms in total. The minimum Gasteiger partial charge on any atom is -0.441 e. The van der Waals surface area contributed by atoms with Crippen molar-refractivity contribution in [2.24, 2.45) is 5.14 Å². The molecule has 3 rings (SSSR count). The molecule has 30 heavy (non-hydrogen) atoms. The van der Waals surface area contributed by atoms with Crippen LogP contribution in [-0.4, -0.2) is 28.5 Å². The van der Waals surface area contributed by atoms with Gasteiger partial charge in [0.15, 0.2) is 5.76 Å². The number of nitrogens with two attached hydrogens (primary N) is 1. The molecule has 0 fully saturated rings. The van der Waals surface area contributed by atoms with Crippen molar-refractivity contribution < 1.29 is 38.9 Å². The molecule has 0 saturated carbocycles. The predicted octanol–water partition coefficient (Wildman–Crippen LogP) is 2.12. The molecule has 0 aliphatic carbocycles. The molecule has 2 aromatic heterocycles. The standard InChI is InChI=1S/C16H14F3N3O6S2/c17-16(18,19)14-9-12(22-28-14)13-5-6-15(27-13)30(25,26)21-8-7-10-1-3-11(4-2-10)29(20,23)24/h1-6,9,21H,7-8H2,(H2,20,23,24). The Bertz CT molecular complexity index is 1250. The fraction of sp³-hybridized carbons (Fsp3) is 0.188. The van der Waals surface area contributed by atoms with E-state index in [1.807, 2.05) is 0 Å². The summed E-state index contributed by atoms with van der Waals surface area (Å²) < 4.78 is 96.2. The zero-order valence-electron chi connectivity index (χ0n) is 14.9. The number of benzene rings is 1. The van der Waals surface area contributed by atoms with Crippen LogP contribution in [0.1, 0.15) is 11.3 Å². The van der Waals surface area contributed by atoms with Crippen LogP contribution in [0, 0.1) is 0 Å². The smallest absolute Gasteiger partial charge is 0.441 e. The Morgan fingerprint density at radius 3 is 2.27 bits per heavy atom. The molecular weight excluding hydrogens is 451 g/mol. The van der Waals surface area contributed by atoms with Gasteiger partial charge >= 0.3 is 6.18 Å². The SMILES string of the molecule is NS(=O)(=O)c1ccc(CCNS(=O)(=O)c2ccc(-c3cc(C(F)(F)F)on3)o2)cc1. The number of primary sulfonamides is 1. The van der Waals surface area contributed by atoms with Crippen LogP contribution in [0.2, 0.25) is 0 Å². The summed E-state index contributed by atoms with van der Waals surface area (Å²) in [7, 11) is -7.91. The molecule has 2 heterocycles. The number of nitrogens with zero attached hydrogens (tertiary/aromatic N) is 1. The molecule has 162 valence electrons. The molecule has 0 aliphatic rings. The van der Waals surface area contributed by atoms with Crippen molar-refractivity contribution in [3.05, 3.63) is 53.8 Å². The number of sulfonamides is 2. The van der Waals surface area contributed by atoms with Crippen molar-refractivity contribution in [2.75, 3.05) is 6.54 Å². The monoisotopic (exact) mass is 465 g/mol. The van der Waals surface area contributed by atoms with E-state index in [1.54, 1.807) is 0 Å². The Hall–Kier alpha value is -2.68. The highest BCUT2D eigenvalue weighted by atomic mass is 32.2. The maximum absolute atomic E-state index is 12.6. The van der Waals surface area contributed by atoms with E-state index in [1.165, 1.54) is 24.3 Å². The van der Waals surface area contributed by atoms with Gasteiger partial charge in [0.1, 0.15) is 5.69 Å². The second-order valence-corrected chi connectivity index (χ2v) is 9.29. The third-order valence-corrected chi connectivity index (χ3v) is 6.11. The summed E-state index contributed by atoms with van der Waals surface area (Å²) in [5, 5.41) is 7.70. The van der Waals surface area contributed by atoms with Gasteiger partial charge < -0.3 is 8.94 Å². The fourth-order valence-electron chi connectivity index (χ4n) is 2.37. The van der Waals surface area contributed by atoms with E-state index in [9.17, 15) is 30.0 Å². The number of nitrogens with one attached hydrogen (secondary N) is 1. The number of aromatic nitrogens is 1. The lowest BCUT2D eigenvalue weighted by atomic mass is 10.2. The maximum atomic E-state index is 12.6. The molecule has 0 atom stereocenters. The van der Waals surface area contributed by atoms with E-state index in [-0.39, 0.29) is 29.3 Å². The topological polar surface area (TPSA) is 146 Å². The van der Waals surface area contributed by atoms with Crippen molar-refractivity contribution in [3.63, 3.8) is 0 Å². The summed E-state index contributed by atoms with van der Waals surface area (Å²) >= 11 is 0. The van der Waals surface area contributed by atoms with Gasteiger partial charge in [0.25, 0.3) is 10.0 Å². The first-order chi connectivity index (χ1) is 13.9. The van der Waals surface area contributed by atoms with Crippen LogP contribution in [0.5, 0.6) is 0 Å². The lowest BCUT2D eigenvalue weighted by Crippen LogP contribution is -2.25. The first kappa shape index (κ1) is 22.0. The van der Waals surface area contributed by atoms with Crippen molar-refractivity contribution in [1.82, 2.24) is 9.88 Å². The molecule has 0 aliphatic heterocycles. The normalized spacial score (nSPS) is 12.9. The van der Waals surface area contributed by atoms with E-state index in [0.29, 0.717) is 11.6 Å². The molecule has 3 aromatic rings. The van der Waals surface area contributed by atoms with Gasteiger partial charge in [-0.05, 0) is 36.2 Å². The zero-order valence-corrected chi connectivity index (χ0v) is 16.5. The first-order valence-corrected chi connectivity index (χ1v) is 11.1. The van der Waals surface area contributed by atoms with Gasteiger partial charge in [0, 0.05) is 12.6 Å². The lowest BCUT2D eigenvalue weighted by Gasteiger charge is -2.05. The van der Waals surface area contributed by atoms with Gasteiger partial charge in [-0.25, -0.2) is 26.7 Å². The van der Waals surface area contributed by atoms with Gasteiger partial charge in [0.2, 0.25) is 20.9 Å². The fourth-order valence-corrected chi connectivity index (χ4v) is 3.85. The summed E-state index contributed by atoms with van der Waals surface area (Å²) in [6.45, 7) is -0.0464. The molecule has 0 amide bonds. The van der Waals surface area contributed by atoms with Crippen LogP contribution < -0.4 is 9.86 Å². The predicted molar refractivity (Wildman–Crippen MR) is 95.9 cm³/mol. The molecule has 3 N–H and O–H groups in total. The molecule has 0 radical (unpaired) electrons. The highest BCUT2D eigenvalue weighted by molar-refractivity contribution is 7.89. The van der Waals surface area contributed by atoms with Gasteiger partial charge in [-0.2, -0.15) is 13.2 Å². The van der Waals surface area contributed by atoms with Crippen molar-refractivity contribution >= 4 is 20.0 Å². The Balaban J connectivity index is 1.64. The Morgan fingerprint density at radius 2 is 1.70 bits per heavy atom. The minimum absolute atomic E-state index is 0.0464. The number of halogens is 3. The lowest BCUT2D eigenvalue weighted by molar-refractivity contribution is -0.155. The van der Waals surface area contributed by atoms with E-state index >= 15 is 0 Å². The van der Waals surface area contributed by atoms with Crippen LogP contribution >= 0.6 is 0 Å². The van der Waals surface area contributed by atoms with Gasteiger partial charge in [-0.1, -0.05) is 17.3 Å². The third-order valence-electron chi connectivity index (χ3n) is 3.85. The highest BCUT2D eigenvalue weighted by Gasteiger charge is 2.36. The third kappa shape index (κ3) is 5.08. The minimum atomic E-state index is -4.74. The number of hydrogen-bond donors (Lipinski definition) is 2. The van der Waals surface area contributed by atoms with E-state index < -0.39 is 37.1 Å². The summed E-state index contributed by atoms with van der Waals surface area (Å²) in [6.07, 6.45) is -4.50. The van der Waals surface area contributed by atoms with E-state index in [0.717, 1.165) is 12.1 Å². The van der Waals surface area contributed by atoms with E-state index in [2.05, 4.69) is 14.4 Å². The Kier molecular flexibility index (Phi) is 5.77. The quantitative estimate of drug-likeness (QED) is 0.543. The van der Waals surface area contributed by atoms with Crippen molar-refractivity contribution in [1.29, 1.82) is 0 Å². The first-order valence-electron chi connectivity index (χ1n) is 8.12. The number of rotatable bonds is 7. The van der Waals surface area contributed by atoms with Gasteiger partial charge in [-0.3, -0.25) is 0 Å². The van der Waals surface area contributed by atoms with Crippen LogP contribution in [-0.2, 0) is 32.6 Å². The zero-order chi connectivity index (χ0) is 22.2. The molecule has 0 unspecified atom stereocenters. The second-order valence-electron chi connectivity index (χ2n) is 6.03. The Morgan fingerprint density at radius 1 is 1.03 bits per heavy atom. The average Bonchev–Trinajstić information content (AvgIpc) is 3.30. The summed E-state index contributed by atoms with van der Waals surface area (Å²) in [6, 6.07) is 8.38. The molecule has 1 aromatic carbocycles. The average molecular weight is 465 g/mol. The van der Waals surface area contributed by atoms with Crippen LogP contribution in [0.15, 0.2) is 61.4 Å². The molecule has 0 bridgehead atoms. The van der Waals surface area contributed by atoms with Crippen molar-refractivity contribution in [3.8, 4) is 11.5 Å². The molecular formula is C16H14F3N3O6S2. The summed E-state index contributed by atoms with van der Waals surface area (Å²) in [5.41, 5.74) is 0.339. The molecule has 0 saturated heterocycles. The number of furan rings is 1. The molecule has 0 spiro atoms. The number of alkyl halides is 3. The second kappa shape index (κ2) is 7.86. The largest absolute Gasteiger partial charge is 0.452 e. The van der Waals surface area contributed by atoms with E-state index in [4.69, 9.17) is 9.56 Å². The van der Waals surface area contributed by atoms with Gasteiger partial charge in [0.05, 0.1) is 4.90 Å². The van der Waals surface area contributed by atoms with Gasteiger partial charge in [-0.15, -0.1) is 0 Å². The highest BCUT2D eigenvalue weighted by Crippen LogP contribution is 2.33. The van der Waals surface area contributed by atoms with Crippen molar-refractivity contribution in [2.45, 2.75) is 22.6 Å². The van der Waals surface area contributed by atoms with Crippen LogP contribution in [0.4, 0.5) is 13.2 Å².